The average Bonchev–Trinajstić information content (AvgIpc) is 2.89. The number of ketones is 1. The van der Waals surface area contributed by atoms with E-state index < -0.39 is 11.7 Å². The molecule has 0 aliphatic rings. The van der Waals surface area contributed by atoms with Crippen LogP contribution in [0, 0.1) is 11.8 Å². The summed E-state index contributed by atoms with van der Waals surface area (Å²) in [6, 6.07) is 3.48. The molecule has 0 bridgehead atoms. The van der Waals surface area contributed by atoms with Crippen molar-refractivity contribution in [3.05, 3.63) is 30.1 Å². The highest BCUT2D eigenvalue weighted by Gasteiger charge is 2.22. The maximum atomic E-state index is 12.4. The topological polar surface area (TPSA) is 61.2 Å². The molecule has 0 radical (unpaired) electrons. The molecule has 126 valence electrons. The summed E-state index contributed by atoms with van der Waals surface area (Å²) in [5.74, 6) is 5.21. The SMILES string of the molecule is CCCCC#CC(=O)c1cn(C(=O)OC(C)(C)C)c2ncccc12. The van der Waals surface area contributed by atoms with Gasteiger partial charge in [-0.3, -0.25) is 4.79 Å². The molecule has 5 nitrogen and oxygen atoms in total. The Morgan fingerprint density at radius 2 is 2.08 bits per heavy atom. The van der Waals surface area contributed by atoms with Gasteiger partial charge in [-0.05, 0) is 45.2 Å². The fourth-order valence-corrected chi connectivity index (χ4v) is 2.17. The molecular formula is C19H22N2O3. The first-order valence-corrected chi connectivity index (χ1v) is 8.06. The van der Waals surface area contributed by atoms with Crippen LogP contribution < -0.4 is 0 Å². The maximum absolute atomic E-state index is 12.4. The van der Waals surface area contributed by atoms with E-state index in [9.17, 15) is 9.59 Å². The van der Waals surface area contributed by atoms with Gasteiger partial charge in [-0.15, -0.1) is 0 Å². The Bertz CT molecular complexity index is 816. The maximum Gasteiger partial charge on any atom is 0.420 e. The molecular weight excluding hydrogens is 304 g/mol. The Balaban J connectivity index is 2.40. The van der Waals surface area contributed by atoms with E-state index in [1.165, 1.54) is 10.8 Å². The predicted octanol–water partition coefficient (Wildman–Crippen LogP) is 4.20. The van der Waals surface area contributed by atoms with Crippen LogP contribution in [0.15, 0.2) is 24.5 Å². The zero-order valence-corrected chi connectivity index (χ0v) is 14.5. The van der Waals surface area contributed by atoms with Crippen LogP contribution >= 0.6 is 0 Å². The van der Waals surface area contributed by atoms with Crippen LogP contribution in [0.5, 0.6) is 0 Å². The van der Waals surface area contributed by atoms with Crippen LogP contribution in [0.2, 0.25) is 0 Å². The summed E-state index contributed by atoms with van der Waals surface area (Å²) in [5.41, 5.74) is 0.130. The van der Waals surface area contributed by atoms with E-state index in [0.717, 1.165) is 12.8 Å². The Hall–Kier alpha value is -2.61. The number of unbranched alkanes of at least 4 members (excludes halogenated alkanes) is 2. The molecule has 2 aromatic rings. The molecule has 2 aromatic heterocycles. The Kier molecular flexibility index (Phi) is 5.40. The molecule has 0 aliphatic carbocycles. The van der Waals surface area contributed by atoms with E-state index in [4.69, 9.17) is 4.74 Å². The molecule has 0 N–H and O–H groups in total. The third kappa shape index (κ3) is 4.23. The number of ether oxygens (including phenoxy) is 1. The lowest BCUT2D eigenvalue weighted by molar-refractivity contribution is 0.0543. The minimum Gasteiger partial charge on any atom is -0.443 e. The second kappa shape index (κ2) is 7.31. The van der Waals surface area contributed by atoms with Crippen LogP contribution in [0.3, 0.4) is 0 Å². The van der Waals surface area contributed by atoms with Crippen LogP contribution in [-0.2, 0) is 4.74 Å². The quantitative estimate of drug-likeness (QED) is 0.367. The molecule has 0 saturated heterocycles. The number of fused-ring (bicyclic) bond motifs is 1. The number of hydrogen-bond donors (Lipinski definition) is 0. The summed E-state index contributed by atoms with van der Waals surface area (Å²) in [7, 11) is 0. The number of rotatable bonds is 3. The first-order valence-electron chi connectivity index (χ1n) is 8.06. The summed E-state index contributed by atoms with van der Waals surface area (Å²) in [5, 5.41) is 0.596. The molecule has 24 heavy (non-hydrogen) atoms. The van der Waals surface area contributed by atoms with Crippen molar-refractivity contribution in [3.8, 4) is 11.8 Å². The van der Waals surface area contributed by atoms with Gasteiger partial charge in [0.1, 0.15) is 11.2 Å². The Labute approximate surface area is 142 Å². The first kappa shape index (κ1) is 17.7. The number of Topliss-reactive ketones (excluding diaryl/α,β-unsaturated/α-hetero) is 1. The second-order valence-electron chi connectivity index (χ2n) is 6.50. The van der Waals surface area contributed by atoms with Crippen LogP contribution in [0.25, 0.3) is 11.0 Å². The number of carbonyl (C=O) groups excluding carboxylic acids is 2. The fraction of sp³-hybridized carbons (Fsp3) is 0.421. The summed E-state index contributed by atoms with van der Waals surface area (Å²) in [6.45, 7) is 7.43. The third-order valence-corrected chi connectivity index (χ3v) is 3.26. The summed E-state index contributed by atoms with van der Waals surface area (Å²) in [4.78, 5) is 28.9. The van der Waals surface area contributed by atoms with E-state index in [1.807, 2.05) is 0 Å². The van der Waals surface area contributed by atoms with Crippen LogP contribution in [0.1, 0.15) is 57.3 Å². The highest BCUT2D eigenvalue weighted by Crippen LogP contribution is 2.21. The van der Waals surface area contributed by atoms with Gasteiger partial charge in [0.15, 0.2) is 0 Å². The summed E-state index contributed by atoms with van der Waals surface area (Å²) < 4.78 is 6.64. The normalized spacial score (nSPS) is 11.0. The number of carbonyl (C=O) groups is 2. The Morgan fingerprint density at radius 3 is 2.75 bits per heavy atom. The van der Waals surface area contributed by atoms with E-state index in [2.05, 4.69) is 23.7 Å². The second-order valence-corrected chi connectivity index (χ2v) is 6.50. The van der Waals surface area contributed by atoms with Gasteiger partial charge in [0, 0.05) is 24.2 Å². The van der Waals surface area contributed by atoms with Gasteiger partial charge < -0.3 is 4.74 Å². The molecule has 2 heterocycles. The van der Waals surface area contributed by atoms with Crippen molar-refractivity contribution in [2.45, 2.75) is 52.6 Å². The van der Waals surface area contributed by atoms with Gasteiger partial charge in [0.2, 0.25) is 5.78 Å². The lowest BCUT2D eigenvalue weighted by Gasteiger charge is -2.19. The summed E-state index contributed by atoms with van der Waals surface area (Å²) in [6.07, 6.45) is 5.15. The monoisotopic (exact) mass is 326 g/mol. The van der Waals surface area contributed by atoms with Crippen molar-refractivity contribution >= 4 is 22.9 Å². The van der Waals surface area contributed by atoms with Crippen molar-refractivity contribution in [2.24, 2.45) is 0 Å². The van der Waals surface area contributed by atoms with Crippen molar-refractivity contribution in [1.82, 2.24) is 9.55 Å². The zero-order chi connectivity index (χ0) is 17.7. The van der Waals surface area contributed by atoms with Gasteiger partial charge in [-0.2, -0.15) is 0 Å². The number of pyridine rings is 1. The highest BCUT2D eigenvalue weighted by atomic mass is 16.6. The standard InChI is InChI=1S/C19H22N2O3/c1-5-6-7-8-11-16(22)15-13-21(18(23)24-19(2,3)4)17-14(15)10-9-12-20-17/h9-10,12-13H,5-7H2,1-4H3. The zero-order valence-electron chi connectivity index (χ0n) is 14.5. The molecule has 0 aromatic carbocycles. The van der Waals surface area contributed by atoms with E-state index in [0.29, 0.717) is 23.0 Å². The van der Waals surface area contributed by atoms with Crippen molar-refractivity contribution in [3.63, 3.8) is 0 Å². The average molecular weight is 326 g/mol. The predicted molar refractivity (Wildman–Crippen MR) is 93.0 cm³/mol. The third-order valence-electron chi connectivity index (χ3n) is 3.26. The molecule has 0 amide bonds. The molecule has 5 heteroatoms. The number of nitrogens with zero attached hydrogens (tertiary/aromatic N) is 2. The highest BCUT2D eigenvalue weighted by molar-refractivity contribution is 6.17. The number of hydrogen-bond acceptors (Lipinski definition) is 4. The lowest BCUT2D eigenvalue weighted by atomic mass is 10.1. The lowest BCUT2D eigenvalue weighted by Crippen LogP contribution is -2.26. The Morgan fingerprint density at radius 1 is 1.33 bits per heavy atom. The van der Waals surface area contributed by atoms with Crippen molar-refractivity contribution in [1.29, 1.82) is 0 Å². The smallest absolute Gasteiger partial charge is 0.420 e. The summed E-state index contributed by atoms with van der Waals surface area (Å²) >= 11 is 0. The molecule has 0 saturated carbocycles. The van der Waals surface area contributed by atoms with Crippen LogP contribution in [0.4, 0.5) is 4.79 Å². The van der Waals surface area contributed by atoms with Crippen molar-refractivity contribution in [2.75, 3.05) is 0 Å². The molecule has 0 spiro atoms. The van der Waals surface area contributed by atoms with E-state index in [-0.39, 0.29) is 5.78 Å². The van der Waals surface area contributed by atoms with E-state index in [1.54, 1.807) is 39.1 Å². The molecule has 0 atom stereocenters. The largest absolute Gasteiger partial charge is 0.443 e. The fourth-order valence-electron chi connectivity index (χ4n) is 2.17. The van der Waals surface area contributed by atoms with Gasteiger partial charge in [0.05, 0.1) is 5.56 Å². The minimum absolute atomic E-state index is 0.314. The van der Waals surface area contributed by atoms with Crippen molar-refractivity contribution < 1.29 is 14.3 Å². The van der Waals surface area contributed by atoms with Gasteiger partial charge in [0.25, 0.3) is 0 Å². The number of aromatic nitrogens is 2. The van der Waals surface area contributed by atoms with Crippen LogP contribution in [-0.4, -0.2) is 27.0 Å². The molecule has 0 unspecified atom stereocenters. The van der Waals surface area contributed by atoms with Gasteiger partial charge in [-0.25, -0.2) is 14.3 Å². The molecule has 0 fully saturated rings. The first-order chi connectivity index (χ1) is 11.3. The van der Waals surface area contributed by atoms with E-state index >= 15 is 0 Å². The molecule has 0 aliphatic heterocycles. The minimum atomic E-state index is -0.632. The van der Waals surface area contributed by atoms with Gasteiger partial charge >= 0.3 is 6.09 Å². The van der Waals surface area contributed by atoms with Gasteiger partial charge in [-0.1, -0.05) is 19.3 Å². The molecule has 2 rings (SSSR count).